The van der Waals surface area contributed by atoms with E-state index in [2.05, 4.69) is 31.2 Å². The Morgan fingerprint density at radius 3 is 2.42 bits per heavy atom. The van der Waals surface area contributed by atoms with Crippen LogP contribution < -0.4 is 11.1 Å². The molecule has 0 bridgehead atoms. The maximum absolute atomic E-state index is 11.7. The number of rotatable bonds is 6. The second-order valence-electron chi connectivity index (χ2n) is 5.52. The van der Waals surface area contributed by atoms with Gasteiger partial charge in [0.2, 0.25) is 5.91 Å². The number of likely N-dealkylation sites (N-methyl/N-ethyl adjacent to an activating group) is 1. The summed E-state index contributed by atoms with van der Waals surface area (Å²) in [5.41, 5.74) is 8.21. The summed E-state index contributed by atoms with van der Waals surface area (Å²) in [4.78, 5) is 11.7. The fraction of sp³-hybridized carbons (Fsp3) is 0.714. The summed E-state index contributed by atoms with van der Waals surface area (Å²) in [5.74, 6) is -0.320. The first-order chi connectivity index (χ1) is 8.73. The molecule has 0 aliphatic carbocycles. The zero-order chi connectivity index (χ0) is 14.8. The van der Waals surface area contributed by atoms with E-state index in [1.807, 2.05) is 25.5 Å². The molecule has 0 aromatic carbocycles. The molecular formula is C14H26N4O. The molecule has 0 aliphatic heterocycles. The number of hydrogen-bond donors (Lipinski definition) is 2. The van der Waals surface area contributed by atoms with Crippen molar-refractivity contribution in [2.75, 3.05) is 6.54 Å². The van der Waals surface area contributed by atoms with Gasteiger partial charge < -0.3 is 11.1 Å². The second kappa shape index (κ2) is 5.74. The molecular weight excluding hydrogens is 240 g/mol. The highest BCUT2D eigenvalue weighted by atomic mass is 16.1. The predicted octanol–water partition coefficient (Wildman–Crippen LogP) is 1.61. The first-order valence-corrected chi connectivity index (χ1v) is 6.80. The molecule has 5 nitrogen and oxygen atoms in total. The van der Waals surface area contributed by atoms with Crippen LogP contribution in [0.2, 0.25) is 0 Å². The highest BCUT2D eigenvalue weighted by molar-refractivity contribution is 5.84. The van der Waals surface area contributed by atoms with Crippen molar-refractivity contribution in [2.45, 2.75) is 59.5 Å². The summed E-state index contributed by atoms with van der Waals surface area (Å²) in [6, 6.07) is 0.115. The minimum atomic E-state index is -0.700. The van der Waals surface area contributed by atoms with E-state index in [0.29, 0.717) is 13.0 Å². The van der Waals surface area contributed by atoms with Gasteiger partial charge in [0.1, 0.15) is 0 Å². The fourth-order valence-electron chi connectivity index (χ4n) is 2.50. The van der Waals surface area contributed by atoms with Gasteiger partial charge in [0.25, 0.3) is 0 Å². The number of nitrogens with zero attached hydrogens (tertiary/aromatic N) is 2. The summed E-state index contributed by atoms with van der Waals surface area (Å²) in [6.45, 7) is 12.7. The Bertz CT molecular complexity index is 466. The molecule has 3 N–H and O–H groups in total. The lowest BCUT2D eigenvalue weighted by molar-refractivity contribution is -0.124. The zero-order valence-corrected chi connectivity index (χ0v) is 12.9. The van der Waals surface area contributed by atoms with Gasteiger partial charge in [-0.1, -0.05) is 6.92 Å². The van der Waals surface area contributed by atoms with Crippen LogP contribution in [0.4, 0.5) is 0 Å². The molecule has 0 saturated heterocycles. The number of nitrogens with one attached hydrogen (secondary N) is 1. The van der Waals surface area contributed by atoms with E-state index in [-0.39, 0.29) is 11.9 Å². The third kappa shape index (κ3) is 3.15. The molecule has 19 heavy (non-hydrogen) atoms. The Balaban J connectivity index is 2.97. The van der Waals surface area contributed by atoms with E-state index in [4.69, 9.17) is 5.73 Å². The molecule has 0 aliphatic rings. The Kier molecular flexibility index (Phi) is 4.74. The molecule has 0 fully saturated rings. The van der Waals surface area contributed by atoms with Crippen molar-refractivity contribution in [1.29, 1.82) is 0 Å². The van der Waals surface area contributed by atoms with Gasteiger partial charge in [0, 0.05) is 5.69 Å². The highest BCUT2D eigenvalue weighted by Gasteiger charge is 2.33. The second-order valence-corrected chi connectivity index (χ2v) is 5.52. The van der Waals surface area contributed by atoms with Crippen LogP contribution in [0.25, 0.3) is 0 Å². The van der Waals surface area contributed by atoms with Crippen molar-refractivity contribution in [1.82, 2.24) is 15.1 Å². The molecule has 0 radical (unpaired) electrons. The van der Waals surface area contributed by atoms with Gasteiger partial charge in [-0.3, -0.25) is 9.48 Å². The molecule has 1 amide bonds. The topological polar surface area (TPSA) is 72.9 Å². The van der Waals surface area contributed by atoms with E-state index in [9.17, 15) is 4.79 Å². The third-order valence-corrected chi connectivity index (χ3v) is 3.92. The Morgan fingerprint density at radius 1 is 1.47 bits per heavy atom. The fourth-order valence-corrected chi connectivity index (χ4v) is 2.50. The summed E-state index contributed by atoms with van der Waals surface area (Å²) < 4.78 is 1.99. The summed E-state index contributed by atoms with van der Waals surface area (Å²) in [6.07, 6.45) is 0.623. The van der Waals surface area contributed by atoms with Gasteiger partial charge in [-0.15, -0.1) is 0 Å². The first kappa shape index (κ1) is 15.7. The molecule has 2 atom stereocenters. The minimum absolute atomic E-state index is 0.115. The van der Waals surface area contributed by atoms with Crippen LogP contribution in [0.3, 0.4) is 0 Å². The number of nitrogens with two attached hydrogens (primary N) is 1. The van der Waals surface area contributed by atoms with Crippen molar-refractivity contribution >= 4 is 5.91 Å². The van der Waals surface area contributed by atoms with E-state index in [0.717, 1.165) is 11.4 Å². The molecule has 108 valence electrons. The Labute approximate surface area is 115 Å². The molecule has 1 aromatic rings. The van der Waals surface area contributed by atoms with Crippen LogP contribution in [0.5, 0.6) is 0 Å². The third-order valence-electron chi connectivity index (χ3n) is 3.92. The maximum Gasteiger partial charge on any atom is 0.237 e. The normalized spacial score (nSPS) is 16.1. The number of aryl methyl sites for hydroxylation is 1. The minimum Gasteiger partial charge on any atom is -0.368 e. The molecule has 1 rings (SSSR count). The zero-order valence-electron chi connectivity index (χ0n) is 12.9. The average Bonchev–Trinajstić information content (AvgIpc) is 2.57. The monoisotopic (exact) mass is 266 g/mol. The van der Waals surface area contributed by atoms with Gasteiger partial charge in [-0.25, -0.2) is 0 Å². The average molecular weight is 266 g/mol. The molecule has 2 unspecified atom stereocenters. The van der Waals surface area contributed by atoms with Crippen molar-refractivity contribution in [3.05, 3.63) is 17.0 Å². The van der Waals surface area contributed by atoms with Gasteiger partial charge in [-0.05, 0) is 53.1 Å². The van der Waals surface area contributed by atoms with Gasteiger partial charge in [-0.2, -0.15) is 5.10 Å². The maximum atomic E-state index is 11.7. The van der Waals surface area contributed by atoms with Crippen LogP contribution in [-0.4, -0.2) is 27.8 Å². The van der Waals surface area contributed by atoms with E-state index < -0.39 is 5.54 Å². The smallest absolute Gasteiger partial charge is 0.237 e. The van der Waals surface area contributed by atoms with Crippen molar-refractivity contribution in [3.63, 3.8) is 0 Å². The van der Waals surface area contributed by atoms with E-state index >= 15 is 0 Å². The van der Waals surface area contributed by atoms with Gasteiger partial charge in [0.15, 0.2) is 0 Å². The summed E-state index contributed by atoms with van der Waals surface area (Å²) in [5, 5.41) is 7.73. The molecule has 0 spiro atoms. The number of aromatic nitrogens is 2. The number of primary amides is 1. The Morgan fingerprint density at radius 2 is 2.05 bits per heavy atom. The van der Waals surface area contributed by atoms with E-state index in [1.165, 1.54) is 5.56 Å². The number of carbonyl (C=O) groups is 1. The summed E-state index contributed by atoms with van der Waals surface area (Å²) >= 11 is 0. The largest absolute Gasteiger partial charge is 0.368 e. The van der Waals surface area contributed by atoms with Crippen LogP contribution in [0.15, 0.2) is 0 Å². The van der Waals surface area contributed by atoms with Gasteiger partial charge in [0.05, 0.1) is 17.3 Å². The SMILES string of the molecule is CCNC(C)(CC(C)n1nc(C)c(C)c1C)C(N)=O. The molecule has 5 heteroatoms. The lowest BCUT2D eigenvalue weighted by Crippen LogP contribution is -2.54. The molecule has 1 heterocycles. The number of hydrogen-bond acceptors (Lipinski definition) is 3. The van der Waals surface area contributed by atoms with Crippen LogP contribution >= 0.6 is 0 Å². The molecule has 1 aromatic heterocycles. The number of carbonyl (C=O) groups excluding carboxylic acids is 1. The van der Waals surface area contributed by atoms with Crippen LogP contribution in [0, 0.1) is 20.8 Å². The summed E-state index contributed by atoms with van der Waals surface area (Å²) in [7, 11) is 0. The highest BCUT2D eigenvalue weighted by Crippen LogP contribution is 2.24. The van der Waals surface area contributed by atoms with Crippen molar-refractivity contribution < 1.29 is 4.79 Å². The predicted molar refractivity (Wildman–Crippen MR) is 77.0 cm³/mol. The lowest BCUT2D eigenvalue weighted by Gasteiger charge is -2.30. The lowest BCUT2D eigenvalue weighted by atomic mass is 9.92. The van der Waals surface area contributed by atoms with Crippen molar-refractivity contribution in [2.24, 2.45) is 5.73 Å². The van der Waals surface area contributed by atoms with Crippen LogP contribution in [0.1, 0.15) is 50.2 Å². The van der Waals surface area contributed by atoms with Crippen molar-refractivity contribution in [3.8, 4) is 0 Å². The number of amides is 1. The van der Waals surface area contributed by atoms with Crippen LogP contribution in [-0.2, 0) is 4.79 Å². The van der Waals surface area contributed by atoms with E-state index in [1.54, 1.807) is 0 Å². The standard InChI is InChI=1S/C14H26N4O/c1-7-16-14(6,13(15)19)8-9(2)18-12(5)10(3)11(4)17-18/h9,16H,7-8H2,1-6H3,(H2,15,19). The van der Waals surface area contributed by atoms with Gasteiger partial charge >= 0.3 is 0 Å². The first-order valence-electron chi connectivity index (χ1n) is 6.80. The molecule has 0 saturated carbocycles. The quantitative estimate of drug-likeness (QED) is 0.821. The Hall–Kier alpha value is -1.36.